The van der Waals surface area contributed by atoms with E-state index in [0.717, 1.165) is 37.3 Å². The van der Waals surface area contributed by atoms with Gasteiger partial charge in [0.1, 0.15) is 0 Å². The van der Waals surface area contributed by atoms with Crippen molar-refractivity contribution in [3.63, 3.8) is 0 Å². The van der Waals surface area contributed by atoms with Crippen molar-refractivity contribution < 1.29 is 13.2 Å². The van der Waals surface area contributed by atoms with Crippen molar-refractivity contribution in [3.05, 3.63) is 34.9 Å². The molecule has 0 saturated carbocycles. The van der Waals surface area contributed by atoms with Crippen molar-refractivity contribution in [2.75, 3.05) is 0 Å². The van der Waals surface area contributed by atoms with E-state index in [1.165, 1.54) is 6.07 Å². The summed E-state index contributed by atoms with van der Waals surface area (Å²) in [5.74, 6) is 6.00. The molecule has 0 aliphatic rings. The normalized spacial score (nSPS) is 15.0. The summed E-state index contributed by atoms with van der Waals surface area (Å²) in [7, 11) is 0. The van der Waals surface area contributed by atoms with Crippen molar-refractivity contribution in [1.82, 2.24) is 5.43 Å². The predicted molar refractivity (Wildman–Crippen MR) is 79.6 cm³/mol. The number of aryl methyl sites for hydroxylation is 1. The molecule has 120 valence electrons. The minimum atomic E-state index is -4.30. The Bertz CT molecular complexity index is 444. The third-order valence-corrected chi connectivity index (χ3v) is 4.04. The van der Waals surface area contributed by atoms with E-state index >= 15 is 0 Å². The first-order valence-corrected chi connectivity index (χ1v) is 7.49. The van der Waals surface area contributed by atoms with Crippen molar-refractivity contribution in [3.8, 4) is 0 Å². The Kier molecular flexibility index (Phi) is 6.68. The summed E-state index contributed by atoms with van der Waals surface area (Å²) in [6.07, 6.45) is -0.158. The fourth-order valence-electron chi connectivity index (χ4n) is 2.75. The number of hydrogen-bond donors (Lipinski definition) is 2. The Hall–Kier alpha value is -1.07. The minimum absolute atomic E-state index is 0.108. The van der Waals surface area contributed by atoms with Crippen molar-refractivity contribution in [1.29, 1.82) is 0 Å². The van der Waals surface area contributed by atoms with E-state index in [1.54, 1.807) is 13.0 Å². The van der Waals surface area contributed by atoms with Gasteiger partial charge in [0.25, 0.3) is 0 Å². The van der Waals surface area contributed by atoms with Crippen LogP contribution >= 0.6 is 0 Å². The number of unbranched alkanes of at least 4 members (excludes halogenated alkanes) is 1. The average molecular weight is 302 g/mol. The number of alkyl halides is 3. The Morgan fingerprint density at radius 3 is 2.33 bits per heavy atom. The zero-order valence-corrected chi connectivity index (χ0v) is 12.9. The molecule has 2 atom stereocenters. The molecule has 1 aromatic carbocycles. The highest BCUT2D eigenvalue weighted by atomic mass is 19.4. The molecule has 0 saturated heterocycles. The topological polar surface area (TPSA) is 38.0 Å². The maximum Gasteiger partial charge on any atom is 0.416 e. The summed E-state index contributed by atoms with van der Waals surface area (Å²) < 4.78 is 38.2. The van der Waals surface area contributed by atoms with Gasteiger partial charge in [0.05, 0.1) is 5.56 Å². The highest BCUT2D eigenvalue weighted by molar-refractivity contribution is 5.35. The Labute approximate surface area is 124 Å². The molecule has 2 unspecified atom stereocenters. The van der Waals surface area contributed by atoms with Gasteiger partial charge < -0.3 is 0 Å². The summed E-state index contributed by atoms with van der Waals surface area (Å²) in [4.78, 5) is 0. The molecular formula is C16H25F3N2. The van der Waals surface area contributed by atoms with E-state index in [1.807, 2.05) is 0 Å². The lowest BCUT2D eigenvalue weighted by atomic mass is 9.85. The van der Waals surface area contributed by atoms with E-state index in [-0.39, 0.29) is 6.04 Å². The van der Waals surface area contributed by atoms with Crippen LogP contribution in [0.5, 0.6) is 0 Å². The monoisotopic (exact) mass is 302 g/mol. The number of hydrogen-bond acceptors (Lipinski definition) is 2. The molecule has 3 N–H and O–H groups in total. The number of rotatable bonds is 7. The third kappa shape index (κ3) is 4.71. The standard InChI is InChI=1S/C16H25F3N2/c1-4-6-7-12(5-2)15(21-20)14-9-8-13(10-11(14)3)16(17,18)19/h8-10,12,15,21H,4-7,20H2,1-3H3. The van der Waals surface area contributed by atoms with Crippen molar-refractivity contribution >= 4 is 0 Å². The largest absolute Gasteiger partial charge is 0.416 e. The number of hydrazine groups is 1. The maximum atomic E-state index is 12.7. The SMILES string of the molecule is CCCCC(CC)C(NN)c1ccc(C(F)(F)F)cc1C. The van der Waals surface area contributed by atoms with Gasteiger partial charge in [-0.3, -0.25) is 11.3 Å². The molecule has 0 aliphatic carbocycles. The van der Waals surface area contributed by atoms with Crippen LogP contribution in [0.1, 0.15) is 62.3 Å². The first kappa shape index (κ1) is 18.0. The molecular weight excluding hydrogens is 277 g/mol. The van der Waals surface area contributed by atoms with E-state index in [4.69, 9.17) is 5.84 Å². The third-order valence-electron chi connectivity index (χ3n) is 4.04. The molecule has 0 bridgehead atoms. The van der Waals surface area contributed by atoms with Crippen LogP contribution < -0.4 is 11.3 Å². The van der Waals surface area contributed by atoms with Gasteiger partial charge in [0.2, 0.25) is 0 Å². The van der Waals surface area contributed by atoms with Crippen LogP contribution in [0, 0.1) is 12.8 Å². The van der Waals surface area contributed by atoms with Gasteiger partial charge in [-0.15, -0.1) is 0 Å². The molecule has 0 aliphatic heterocycles. The quantitative estimate of drug-likeness (QED) is 0.564. The van der Waals surface area contributed by atoms with Gasteiger partial charge in [-0.2, -0.15) is 13.2 Å². The minimum Gasteiger partial charge on any atom is -0.271 e. The Morgan fingerprint density at radius 1 is 1.24 bits per heavy atom. The average Bonchev–Trinajstić information content (AvgIpc) is 2.43. The molecule has 0 amide bonds. The summed E-state index contributed by atoms with van der Waals surface area (Å²) in [5.41, 5.74) is 3.67. The number of nitrogens with one attached hydrogen (secondary N) is 1. The molecule has 1 rings (SSSR count). The van der Waals surface area contributed by atoms with Crippen LogP contribution in [-0.4, -0.2) is 0 Å². The predicted octanol–water partition coefficient (Wildman–Crippen LogP) is 4.73. The zero-order chi connectivity index (χ0) is 16.0. The van der Waals surface area contributed by atoms with Crippen LogP contribution in [-0.2, 0) is 6.18 Å². The fraction of sp³-hybridized carbons (Fsp3) is 0.625. The van der Waals surface area contributed by atoms with Gasteiger partial charge in [-0.1, -0.05) is 39.2 Å². The van der Waals surface area contributed by atoms with E-state index in [9.17, 15) is 13.2 Å². The molecule has 0 fully saturated rings. The lowest BCUT2D eigenvalue weighted by molar-refractivity contribution is -0.137. The van der Waals surface area contributed by atoms with Gasteiger partial charge in [0.15, 0.2) is 0 Å². The molecule has 0 heterocycles. The molecule has 1 aromatic rings. The lowest BCUT2D eigenvalue weighted by Crippen LogP contribution is -2.34. The summed E-state index contributed by atoms with van der Waals surface area (Å²) >= 11 is 0. The molecule has 5 heteroatoms. The second-order valence-corrected chi connectivity index (χ2v) is 5.52. The molecule has 0 radical (unpaired) electrons. The molecule has 0 aromatic heterocycles. The number of halogens is 3. The maximum absolute atomic E-state index is 12.7. The van der Waals surface area contributed by atoms with Crippen LogP contribution in [0.15, 0.2) is 18.2 Å². The summed E-state index contributed by atoms with van der Waals surface area (Å²) in [6, 6.07) is 3.78. The molecule has 2 nitrogen and oxygen atoms in total. The molecule has 21 heavy (non-hydrogen) atoms. The second kappa shape index (κ2) is 7.80. The molecule has 0 spiro atoms. The first-order chi connectivity index (χ1) is 9.85. The first-order valence-electron chi connectivity index (χ1n) is 7.49. The number of benzene rings is 1. The zero-order valence-electron chi connectivity index (χ0n) is 12.9. The van der Waals surface area contributed by atoms with E-state index in [0.29, 0.717) is 11.5 Å². The second-order valence-electron chi connectivity index (χ2n) is 5.52. The highest BCUT2D eigenvalue weighted by Crippen LogP contribution is 2.34. The van der Waals surface area contributed by atoms with Crippen LogP contribution in [0.4, 0.5) is 13.2 Å². The summed E-state index contributed by atoms with van der Waals surface area (Å²) in [5, 5.41) is 0. The highest BCUT2D eigenvalue weighted by Gasteiger charge is 2.31. The van der Waals surface area contributed by atoms with E-state index < -0.39 is 11.7 Å². The van der Waals surface area contributed by atoms with Crippen molar-refractivity contribution in [2.24, 2.45) is 11.8 Å². The van der Waals surface area contributed by atoms with Crippen molar-refractivity contribution in [2.45, 2.75) is 58.7 Å². The lowest BCUT2D eigenvalue weighted by Gasteiger charge is -2.27. The van der Waals surface area contributed by atoms with Crippen LogP contribution in [0.2, 0.25) is 0 Å². The Balaban J connectivity index is 3.05. The van der Waals surface area contributed by atoms with E-state index in [2.05, 4.69) is 19.3 Å². The van der Waals surface area contributed by atoms with Crippen LogP contribution in [0.25, 0.3) is 0 Å². The smallest absolute Gasteiger partial charge is 0.271 e. The van der Waals surface area contributed by atoms with Gasteiger partial charge in [-0.05, 0) is 42.5 Å². The van der Waals surface area contributed by atoms with Gasteiger partial charge in [0, 0.05) is 6.04 Å². The summed E-state index contributed by atoms with van der Waals surface area (Å²) in [6.45, 7) is 5.92. The fourth-order valence-corrected chi connectivity index (χ4v) is 2.75. The number of nitrogens with two attached hydrogens (primary N) is 1. The van der Waals surface area contributed by atoms with Gasteiger partial charge >= 0.3 is 6.18 Å². The Morgan fingerprint density at radius 2 is 1.90 bits per heavy atom. The van der Waals surface area contributed by atoms with Gasteiger partial charge in [-0.25, -0.2) is 0 Å². The van der Waals surface area contributed by atoms with Crippen LogP contribution in [0.3, 0.4) is 0 Å².